The van der Waals surface area contributed by atoms with E-state index in [2.05, 4.69) is 39.6 Å². The van der Waals surface area contributed by atoms with Crippen molar-refractivity contribution in [2.75, 3.05) is 0 Å². The third kappa shape index (κ3) is 2.39. The maximum atomic E-state index is 13.7. The molecule has 0 saturated carbocycles. The summed E-state index contributed by atoms with van der Waals surface area (Å²) in [4.78, 5) is 0. The van der Waals surface area contributed by atoms with E-state index in [4.69, 9.17) is 5.84 Å². The first-order chi connectivity index (χ1) is 9.70. The molecule has 3 N–H and O–H groups in total. The number of fused-ring (bicyclic) bond motifs is 1. The average molecular weight is 335 g/mol. The fraction of sp³-hybridized carbons (Fsp3) is 0.250. The molecule has 4 heteroatoms. The van der Waals surface area contributed by atoms with Gasteiger partial charge in [-0.25, -0.2) is 9.82 Å². The van der Waals surface area contributed by atoms with Gasteiger partial charge in [0.1, 0.15) is 5.82 Å². The molecule has 0 aliphatic heterocycles. The Morgan fingerprint density at radius 3 is 2.75 bits per heavy atom. The highest BCUT2D eigenvalue weighted by Crippen LogP contribution is 2.32. The lowest BCUT2D eigenvalue weighted by molar-refractivity contribution is 0.597. The first-order valence-corrected chi connectivity index (χ1v) is 7.51. The van der Waals surface area contributed by atoms with Crippen LogP contribution in [-0.4, -0.2) is 0 Å². The summed E-state index contributed by atoms with van der Waals surface area (Å²) in [5.41, 5.74) is 7.48. The van der Waals surface area contributed by atoms with Crippen molar-refractivity contribution in [1.29, 1.82) is 0 Å². The minimum atomic E-state index is -0.274. The van der Waals surface area contributed by atoms with Crippen LogP contribution in [0.5, 0.6) is 0 Å². The quantitative estimate of drug-likeness (QED) is 0.664. The Labute approximate surface area is 126 Å². The highest BCUT2D eigenvalue weighted by atomic mass is 79.9. The second-order valence-electron chi connectivity index (χ2n) is 5.12. The Kier molecular flexibility index (Phi) is 3.87. The lowest BCUT2D eigenvalue weighted by atomic mass is 9.96. The summed E-state index contributed by atoms with van der Waals surface area (Å²) in [6.45, 7) is 0. The van der Waals surface area contributed by atoms with Crippen molar-refractivity contribution in [3.05, 3.63) is 68.9 Å². The summed E-state index contributed by atoms with van der Waals surface area (Å²) in [5, 5.41) is 0. The summed E-state index contributed by atoms with van der Waals surface area (Å²) < 4.78 is 14.2. The Morgan fingerprint density at radius 2 is 1.95 bits per heavy atom. The van der Waals surface area contributed by atoms with Crippen molar-refractivity contribution in [3.8, 4) is 0 Å². The molecular formula is C16H16BrFN2. The number of nitrogens with two attached hydrogens (primary N) is 1. The van der Waals surface area contributed by atoms with Crippen LogP contribution < -0.4 is 11.3 Å². The summed E-state index contributed by atoms with van der Waals surface area (Å²) >= 11 is 3.31. The summed E-state index contributed by atoms with van der Waals surface area (Å²) in [5.74, 6) is 5.43. The molecule has 2 nitrogen and oxygen atoms in total. The Hall–Kier alpha value is -1.23. The molecule has 1 aliphatic rings. The van der Waals surface area contributed by atoms with Crippen molar-refractivity contribution in [1.82, 2.24) is 5.43 Å². The molecular weight excluding hydrogens is 319 g/mol. The number of nitrogens with one attached hydrogen (secondary N) is 1. The van der Waals surface area contributed by atoms with Crippen LogP contribution in [0.2, 0.25) is 0 Å². The first kappa shape index (κ1) is 13.7. The summed E-state index contributed by atoms with van der Waals surface area (Å²) in [7, 11) is 0. The summed E-state index contributed by atoms with van der Waals surface area (Å²) in [6.07, 6.45) is 3.48. The van der Waals surface area contributed by atoms with Gasteiger partial charge in [-0.2, -0.15) is 0 Å². The van der Waals surface area contributed by atoms with Crippen LogP contribution >= 0.6 is 15.9 Å². The molecule has 1 unspecified atom stereocenters. The lowest BCUT2D eigenvalue weighted by Crippen LogP contribution is -2.29. The van der Waals surface area contributed by atoms with E-state index in [9.17, 15) is 4.39 Å². The molecule has 0 bridgehead atoms. The molecule has 0 radical (unpaired) electrons. The summed E-state index contributed by atoms with van der Waals surface area (Å²) in [6, 6.07) is 11.2. The van der Waals surface area contributed by atoms with Crippen LogP contribution in [0.3, 0.4) is 0 Å². The average Bonchev–Trinajstić information content (AvgIpc) is 2.92. The number of rotatable bonds is 3. The van der Waals surface area contributed by atoms with E-state index in [1.54, 1.807) is 6.07 Å². The molecule has 2 aromatic rings. The van der Waals surface area contributed by atoms with E-state index in [0.717, 1.165) is 24.0 Å². The van der Waals surface area contributed by atoms with Crippen LogP contribution in [0, 0.1) is 5.82 Å². The monoisotopic (exact) mass is 334 g/mol. The predicted octanol–water partition coefficient (Wildman–Crippen LogP) is 3.63. The molecule has 3 rings (SSSR count). The second-order valence-corrected chi connectivity index (χ2v) is 5.92. The number of halogens is 2. The highest BCUT2D eigenvalue weighted by Gasteiger charge is 2.19. The van der Waals surface area contributed by atoms with Gasteiger partial charge in [0.15, 0.2) is 0 Å². The molecule has 0 saturated heterocycles. The van der Waals surface area contributed by atoms with Crippen molar-refractivity contribution in [2.24, 2.45) is 5.84 Å². The van der Waals surface area contributed by atoms with E-state index in [-0.39, 0.29) is 11.9 Å². The third-order valence-corrected chi connectivity index (χ3v) is 4.75. The topological polar surface area (TPSA) is 38.0 Å². The van der Waals surface area contributed by atoms with Crippen molar-refractivity contribution in [3.63, 3.8) is 0 Å². The molecule has 0 heterocycles. The minimum Gasteiger partial charge on any atom is -0.271 e. The third-order valence-electron chi connectivity index (χ3n) is 3.92. The van der Waals surface area contributed by atoms with E-state index in [0.29, 0.717) is 4.47 Å². The van der Waals surface area contributed by atoms with Crippen LogP contribution in [0.1, 0.15) is 34.7 Å². The molecule has 0 spiro atoms. The zero-order valence-electron chi connectivity index (χ0n) is 11.0. The maximum Gasteiger partial charge on any atom is 0.137 e. The first-order valence-electron chi connectivity index (χ1n) is 6.72. The number of hydrazine groups is 1. The van der Waals surface area contributed by atoms with Gasteiger partial charge < -0.3 is 0 Å². The van der Waals surface area contributed by atoms with Crippen molar-refractivity contribution < 1.29 is 4.39 Å². The zero-order valence-corrected chi connectivity index (χ0v) is 12.6. The molecule has 0 aromatic heterocycles. The molecule has 104 valence electrons. The van der Waals surface area contributed by atoms with Crippen molar-refractivity contribution >= 4 is 15.9 Å². The molecule has 1 atom stereocenters. The number of benzene rings is 2. The normalized spacial score (nSPS) is 15.2. The van der Waals surface area contributed by atoms with E-state index >= 15 is 0 Å². The molecule has 0 fully saturated rings. The Morgan fingerprint density at radius 1 is 1.15 bits per heavy atom. The van der Waals surface area contributed by atoms with E-state index in [1.807, 2.05) is 6.07 Å². The fourth-order valence-electron chi connectivity index (χ4n) is 2.88. The second kappa shape index (κ2) is 5.64. The highest BCUT2D eigenvalue weighted by molar-refractivity contribution is 9.10. The van der Waals surface area contributed by atoms with Crippen LogP contribution in [-0.2, 0) is 12.8 Å². The van der Waals surface area contributed by atoms with Gasteiger partial charge in [-0.15, -0.1) is 0 Å². The SMILES string of the molecule is NNC(c1ccc2c(c1)CCC2)c1cccc(F)c1Br. The van der Waals surface area contributed by atoms with Gasteiger partial charge in [-0.3, -0.25) is 5.84 Å². The smallest absolute Gasteiger partial charge is 0.137 e. The molecule has 0 amide bonds. The van der Waals surface area contributed by atoms with Gasteiger partial charge in [-0.1, -0.05) is 30.3 Å². The van der Waals surface area contributed by atoms with Gasteiger partial charge >= 0.3 is 0 Å². The van der Waals surface area contributed by atoms with Crippen LogP contribution in [0.15, 0.2) is 40.9 Å². The number of hydrogen-bond acceptors (Lipinski definition) is 2. The fourth-order valence-corrected chi connectivity index (χ4v) is 3.37. The Balaban J connectivity index is 2.03. The molecule has 1 aliphatic carbocycles. The zero-order chi connectivity index (χ0) is 14.1. The van der Waals surface area contributed by atoms with E-state index < -0.39 is 0 Å². The maximum absolute atomic E-state index is 13.7. The lowest BCUT2D eigenvalue weighted by Gasteiger charge is -2.19. The van der Waals surface area contributed by atoms with Crippen molar-refractivity contribution in [2.45, 2.75) is 25.3 Å². The number of aryl methyl sites for hydroxylation is 2. The molecule has 2 aromatic carbocycles. The van der Waals surface area contributed by atoms with Crippen LogP contribution in [0.4, 0.5) is 4.39 Å². The van der Waals surface area contributed by atoms with Gasteiger partial charge in [0.2, 0.25) is 0 Å². The van der Waals surface area contributed by atoms with Gasteiger partial charge in [0.05, 0.1) is 10.5 Å². The Bertz CT molecular complexity index is 642. The van der Waals surface area contributed by atoms with E-state index in [1.165, 1.54) is 23.6 Å². The number of hydrogen-bond donors (Lipinski definition) is 2. The molecule has 20 heavy (non-hydrogen) atoms. The van der Waals surface area contributed by atoms with Gasteiger partial charge in [0.25, 0.3) is 0 Å². The standard InChI is InChI=1S/C16H16BrFN2/c17-15-13(5-2-6-14(15)18)16(20-19)12-8-7-10-3-1-4-11(10)9-12/h2,5-9,16,20H,1,3-4,19H2. The predicted molar refractivity (Wildman–Crippen MR) is 81.7 cm³/mol. The van der Waals surface area contributed by atoms with Crippen LogP contribution in [0.25, 0.3) is 0 Å². The minimum absolute atomic E-state index is 0.217. The van der Waals surface area contributed by atoms with Gasteiger partial charge in [-0.05, 0) is 63.5 Å². The largest absolute Gasteiger partial charge is 0.271 e. The van der Waals surface area contributed by atoms with Gasteiger partial charge in [0, 0.05) is 0 Å².